The van der Waals surface area contributed by atoms with Crippen molar-refractivity contribution in [3.05, 3.63) is 95.5 Å². The predicted octanol–water partition coefficient (Wildman–Crippen LogP) is 5.80. The summed E-state index contributed by atoms with van der Waals surface area (Å²) in [5.74, 6) is 0. The summed E-state index contributed by atoms with van der Waals surface area (Å²) >= 11 is 7.70. The van der Waals surface area contributed by atoms with Crippen molar-refractivity contribution in [3.8, 4) is 5.69 Å². The Morgan fingerprint density at radius 3 is 2.50 bits per heavy atom. The van der Waals surface area contributed by atoms with E-state index in [9.17, 15) is 9.59 Å². The van der Waals surface area contributed by atoms with Gasteiger partial charge in [0, 0.05) is 9.90 Å². The molecule has 1 aliphatic rings. The monoisotopic (exact) mass is 464 g/mol. The molecule has 0 atom stereocenters. The molecule has 0 fully saturated rings. The smallest absolute Gasteiger partial charge is 0.279 e. The summed E-state index contributed by atoms with van der Waals surface area (Å²) < 4.78 is 3.12. The Labute approximate surface area is 195 Å². The number of hydrogen-bond acceptors (Lipinski definition) is 3. The van der Waals surface area contributed by atoms with Crippen LogP contribution in [-0.2, 0) is 19.4 Å². The number of benzene rings is 2. The first-order chi connectivity index (χ1) is 15.4. The van der Waals surface area contributed by atoms with Crippen LogP contribution in [0.1, 0.15) is 46.4 Å². The lowest BCUT2D eigenvalue weighted by Gasteiger charge is -2.14. The van der Waals surface area contributed by atoms with Crippen LogP contribution in [0.5, 0.6) is 0 Å². The lowest BCUT2D eigenvalue weighted by atomic mass is 10.1. The molecule has 1 aliphatic carbocycles. The Balaban J connectivity index is 1.83. The van der Waals surface area contributed by atoms with E-state index in [4.69, 9.17) is 11.6 Å². The molecule has 0 spiro atoms. The van der Waals surface area contributed by atoms with E-state index in [-0.39, 0.29) is 11.2 Å². The summed E-state index contributed by atoms with van der Waals surface area (Å²) in [6.07, 6.45) is 5.26. The van der Waals surface area contributed by atoms with Crippen molar-refractivity contribution in [1.29, 1.82) is 0 Å². The SMILES string of the molecule is Cc1ccc(C)c(Cn2c(=O)n(-c3ccc(Cl)cc3)c(=O)c3c4c(sc32)CCCCC4)c1. The Morgan fingerprint density at radius 2 is 1.72 bits per heavy atom. The highest BCUT2D eigenvalue weighted by Crippen LogP contribution is 2.34. The van der Waals surface area contributed by atoms with Gasteiger partial charge in [-0.2, -0.15) is 0 Å². The van der Waals surface area contributed by atoms with Crippen molar-refractivity contribution in [2.45, 2.75) is 52.5 Å². The molecule has 0 bridgehead atoms. The fourth-order valence-corrected chi connectivity index (χ4v) is 6.14. The zero-order valence-corrected chi connectivity index (χ0v) is 19.9. The first kappa shape index (κ1) is 21.2. The molecule has 0 unspecified atom stereocenters. The summed E-state index contributed by atoms with van der Waals surface area (Å²) in [7, 11) is 0. The molecular weight excluding hydrogens is 440 g/mol. The van der Waals surface area contributed by atoms with Crippen LogP contribution in [0.25, 0.3) is 15.9 Å². The largest absolute Gasteiger partial charge is 0.337 e. The quantitative estimate of drug-likeness (QED) is 0.359. The molecule has 164 valence electrons. The van der Waals surface area contributed by atoms with Crippen LogP contribution in [0.2, 0.25) is 5.02 Å². The molecule has 0 saturated carbocycles. The molecule has 6 heteroatoms. The highest BCUT2D eigenvalue weighted by Gasteiger charge is 2.24. The number of rotatable bonds is 3. The standard InChI is InChI=1S/C26H25ClN2O2S/c1-16-8-9-17(2)18(14-16)15-28-25-23(21-6-4-3-5-7-22(21)32-25)24(30)29(26(28)31)20-12-10-19(27)11-13-20/h8-14H,3-7,15H2,1-2H3. The van der Waals surface area contributed by atoms with Crippen LogP contribution in [-0.4, -0.2) is 9.13 Å². The first-order valence-electron chi connectivity index (χ1n) is 11.1. The van der Waals surface area contributed by atoms with Crippen LogP contribution >= 0.6 is 22.9 Å². The first-order valence-corrected chi connectivity index (χ1v) is 12.3. The van der Waals surface area contributed by atoms with E-state index < -0.39 is 0 Å². The third-order valence-corrected chi connectivity index (χ3v) is 7.97. The highest BCUT2D eigenvalue weighted by atomic mass is 35.5. The van der Waals surface area contributed by atoms with Gasteiger partial charge in [0.05, 0.1) is 17.6 Å². The fraction of sp³-hybridized carbons (Fsp3) is 0.308. The van der Waals surface area contributed by atoms with Crippen LogP contribution < -0.4 is 11.2 Å². The topological polar surface area (TPSA) is 44.0 Å². The third kappa shape index (κ3) is 3.63. The van der Waals surface area contributed by atoms with Crippen LogP contribution in [0.15, 0.2) is 52.1 Å². The zero-order valence-electron chi connectivity index (χ0n) is 18.3. The molecule has 2 aromatic heterocycles. The van der Waals surface area contributed by atoms with Crippen molar-refractivity contribution in [3.63, 3.8) is 0 Å². The summed E-state index contributed by atoms with van der Waals surface area (Å²) in [5.41, 5.74) is 4.56. The molecule has 2 heterocycles. The van der Waals surface area contributed by atoms with Crippen molar-refractivity contribution < 1.29 is 0 Å². The summed E-state index contributed by atoms with van der Waals surface area (Å²) in [6, 6.07) is 13.2. The molecule has 0 aliphatic heterocycles. The number of hydrogen-bond donors (Lipinski definition) is 0. The lowest BCUT2D eigenvalue weighted by Crippen LogP contribution is -2.39. The van der Waals surface area contributed by atoms with E-state index in [1.807, 2.05) is 0 Å². The van der Waals surface area contributed by atoms with E-state index in [0.29, 0.717) is 22.6 Å². The predicted molar refractivity (Wildman–Crippen MR) is 133 cm³/mol. The van der Waals surface area contributed by atoms with Crippen LogP contribution in [0.4, 0.5) is 0 Å². The third-order valence-electron chi connectivity index (χ3n) is 6.40. The van der Waals surface area contributed by atoms with Gasteiger partial charge in [-0.05, 0) is 80.5 Å². The van der Waals surface area contributed by atoms with Crippen molar-refractivity contribution in [2.24, 2.45) is 0 Å². The Hall–Kier alpha value is -2.63. The molecule has 32 heavy (non-hydrogen) atoms. The molecular formula is C26H25ClN2O2S. The van der Waals surface area contributed by atoms with E-state index in [1.54, 1.807) is 40.2 Å². The second kappa shape index (κ2) is 8.38. The van der Waals surface area contributed by atoms with Gasteiger partial charge in [0.2, 0.25) is 0 Å². The average molecular weight is 465 g/mol. The van der Waals surface area contributed by atoms with Crippen molar-refractivity contribution in [1.82, 2.24) is 9.13 Å². The maximum atomic E-state index is 13.8. The van der Waals surface area contributed by atoms with E-state index in [2.05, 4.69) is 32.0 Å². The number of fused-ring (bicyclic) bond motifs is 3. The Bertz CT molecular complexity index is 1440. The second-order valence-electron chi connectivity index (χ2n) is 8.66. The van der Waals surface area contributed by atoms with Gasteiger partial charge < -0.3 is 0 Å². The molecule has 0 N–H and O–H groups in total. The summed E-state index contributed by atoms with van der Waals surface area (Å²) in [5, 5.41) is 1.29. The van der Waals surface area contributed by atoms with Gasteiger partial charge in [0.1, 0.15) is 4.83 Å². The van der Waals surface area contributed by atoms with Gasteiger partial charge in [-0.15, -0.1) is 11.3 Å². The maximum absolute atomic E-state index is 13.8. The molecule has 4 nitrogen and oxygen atoms in total. The van der Waals surface area contributed by atoms with Gasteiger partial charge in [-0.3, -0.25) is 9.36 Å². The normalized spacial score (nSPS) is 13.8. The van der Waals surface area contributed by atoms with Crippen molar-refractivity contribution in [2.75, 3.05) is 0 Å². The van der Waals surface area contributed by atoms with Gasteiger partial charge in [0.25, 0.3) is 5.56 Å². The second-order valence-corrected chi connectivity index (χ2v) is 10.2. The lowest BCUT2D eigenvalue weighted by molar-refractivity contribution is 0.707. The summed E-state index contributed by atoms with van der Waals surface area (Å²) in [6.45, 7) is 4.56. The number of aromatic nitrogens is 2. The Kier molecular flexibility index (Phi) is 5.56. The average Bonchev–Trinajstić information content (AvgIpc) is 2.97. The molecule has 0 radical (unpaired) electrons. The van der Waals surface area contributed by atoms with Crippen LogP contribution in [0, 0.1) is 13.8 Å². The fourth-order valence-electron chi connectivity index (χ4n) is 4.64. The molecule has 5 rings (SSSR count). The van der Waals surface area contributed by atoms with Crippen LogP contribution in [0.3, 0.4) is 0 Å². The molecule has 2 aromatic carbocycles. The summed E-state index contributed by atoms with van der Waals surface area (Å²) in [4.78, 5) is 29.6. The molecule has 0 amide bonds. The minimum Gasteiger partial charge on any atom is -0.279 e. The van der Waals surface area contributed by atoms with E-state index in [0.717, 1.165) is 52.8 Å². The number of nitrogens with zero attached hydrogens (tertiary/aromatic N) is 2. The molecule has 4 aromatic rings. The van der Waals surface area contributed by atoms with Gasteiger partial charge in [0.15, 0.2) is 0 Å². The molecule has 0 saturated heterocycles. The Morgan fingerprint density at radius 1 is 0.969 bits per heavy atom. The minimum atomic E-state index is -0.304. The number of thiophene rings is 1. The number of halogens is 1. The van der Waals surface area contributed by atoms with Gasteiger partial charge >= 0.3 is 5.69 Å². The van der Waals surface area contributed by atoms with Gasteiger partial charge in [-0.25, -0.2) is 9.36 Å². The van der Waals surface area contributed by atoms with Crippen molar-refractivity contribution >= 4 is 33.2 Å². The zero-order chi connectivity index (χ0) is 22.4. The maximum Gasteiger partial charge on any atom is 0.337 e. The van der Waals surface area contributed by atoms with E-state index in [1.165, 1.54) is 15.9 Å². The van der Waals surface area contributed by atoms with Gasteiger partial charge in [-0.1, -0.05) is 41.8 Å². The highest BCUT2D eigenvalue weighted by molar-refractivity contribution is 7.18. The minimum absolute atomic E-state index is 0.219. The van der Waals surface area contributed by atoms with E-state index >= 15 is 0 Å². The number of aryl methyl sites for hydroxylation is 4.